The van der Waals surface area contributed by atoms with Crippen molar-refractivity contribution in [3.8, 4) is 0 Å². The Hall–Kier alpha value is -3.35. The van der Waals surface area contributed by atoms with E-state index >= 15 is 0 Å². The van der Waals surface area contributed by atoms with Crippen LogP contribution in [0.3, 0.4) is 0 Å². The van der Waals surface area contributed by atoms with Crippen LogP contribution in [0.2, 0.25) is 0 Å². The molecule has 13 heteroatoms. The Morgan fingerprint density at radius 3 is 2.03 bits per heavy atom. The first-order valence-corrected chi connectivity index (χ1v) is 10.9. The number of carbonyl (C=O) groups is 7. The highest BCUT2D eigenvalue weighted by atomic mass is 16.4. The number of aliphatic carboxylic acids is 1. The zero-order valence-electron chi connectivity index (χ0n) is 19.6. The van der Waals surface area contributed by atoms with E-state index in [4.69, 9.17) is 11.5 Å². The van der Waals surface area contributed by atoms with Gasteiger partial charge < -0.3 is 37.7 Å². The molecule has 0 saturated heterocycles. The SMILES string of the molecule is CC(C)C[C@H](NC(=O)C[NH3+])C(=O)C[C@@H](CC(N)=O)C(=O)NCC(=O)C[C@@H](CCC(=O)[O-])C(N)=O. The van der Waals surface area contributed by atoms with Gasteiger partial charge in [0.1, 0.15) is 0 Å². The van der Waals surface area contributed by atoms with E-state index in [0.29, 0.717) is 6.42 Å². The maximum atomic E-state index is 12.8. The Morgan fingerprint density at radius 1 is 0.941 bits per heavy atom. The average molecular weight is 486 g/mol. The predicted molar refractivity (Wildman–Crippen MR) is 116 cm³/mol. The number of hydrogen-bond donors (Lipinski definition) is 5. The topological polar surface area (TPSA) is 246 Å². The van der Waals surface area contributed by atoms with Gasteiger partial charge in [0, 0.05) is 31.1 Å². The van der Waals surface area contributed by atoms with Crippen LogP contribution in [-0.4, -0.2) is 60.3 Å². The van der Waals surface area contributed by atoms with Crippen molar-refractivity contribution in [2.24, 2.45) is 29.2 Å². The van der Waals surface area contributed by atoms with E-state index < -0.39 is 91.3 Å². The Balaban J connectivity index is 5.16. The van der Waals surface area contributed by atoms with Gasteiger partial charge in [0.05, 0.1) is 18.5 Å². The number of carboxylic acid groups (broad SMARTS) is 1. The lowest BCUT2D eigenvalue weighted by atomic mass is 9.91. The average Bonchev–Trinajstić information content (AvgIpc) is 2.72. The third kappa shape index (κ3) is 13.3. The minimum Gasteiger partial charge on any atom is -0.550 e. The van der Waals surface area contributed by atoms with Gasteiger partial charge in [-0.15, -0.1) is 0 Å². The summed E-state index contributed by atoms with van der Waals surface area (Å²) in [6.07, 6.45) is -1.58. The van der Waals surface area contributed by atoms with Crippen molar-refractivity contribution in [3.63, 3.8) is 0 Å². The Bertz CT molecular complexity index is 783. The van der Waals surface area contributed by atoms with Crippen LogP contribution < -0.4 is 32.9 Å². The molecule has 0 unspecified atom stereocenters. The molecule has 0 heterocycles. The summed E-state index contributed by atoms with van der Waals surface area (Å²) >= 11 is 0. The first-order chi connectivity index (χ1) is 15.8. The van der Waals surface area contributed by atoms with Gasteiger partial charge in [0.2, 0.25) is 17.7 Å². The summed E-state index contributed by atoms with van der Waals surface area (Å²) in [4.78, 5) is 82.6. The lowest BCUT2D eigenvalue weighted by Gasteiger charge is -2.21. The molecule has 0 bridgehead atoms. The minimum absolute atomic E-state index is 0.0511. The second-order valence-corrected chi connectivity index (χ2v) is 8.51. The Morgan fingerprint density at radius 2 is 1.56 bits per heavy atom. The molecule has 0 radical (unpaired) electrons. The quantitative estimate of drug-likeness (QED) is 0.127. The summed E-state index contributed by atoms with van der Waals surface area (Å²) in [6, 6.07) is -0.876. The summed E-state index contributed by atoms with van der Waals surface area (Å²) in [5, 5.41) is 15.4. The summed E-state index contributed by atoms with van der Waals surface area (Å²) < 4.78 is 0. The van der Waals surface area contributed by atoms with Crippen LogP contribution in [0.5, 0.6) is 0 Å². The van der Waals surface area contributed by atoms with E-state index in [1.54, 1.807) is 0 Å². The van der Waals surface area contributed by atoms with E-state index in [-0.39, 0.29) is 18.9 Å². The van der Waals surface area contributed by atoms with Crippen LogP contribution in [0.25, 0.3) is 0 Å². The molecule has 0 fully saturated rings. The first-order valence-electron chi connectivity index (χ1n) is 10.9. The van der Waals surface area contributed by atoms with Crippen LogP contribution in [-0.2, 0) is 33.6 Å². The highest BCUT2D eigenvalue weighted by Gasteiger charge is 2.30. The lowest BCUT2D eigenvalue weighted by Crippen LogP contribution is -2.59. The zero-order valence-corrected chi connectivity index (χ0v) is 19.6. The molecule has 9 N–H and O–H groups in total. The van der Waals surface area contributed by atoms with Crippen LogP contribution in [0.1, 0.15) is 52.4 Å². The van der Waals surface area contributed by atoms with Crippen molar-refractivity contribution >= 4 is 41.2 Å². The van der Waals surface area contributed by atoms with Crippen molar-refractivity contribution in [1.82, 2.24) is 10.6 Å². The molecular formula is C21H35N5O8. The van der Waals surface area contributed by atoms with E-state index in [1.165, 1.54) is 0 Å². The summed E-state index contributed by atoms with van der Waals surface area (Å²) in [7, 11) is 0. The van der Waals surface area contributed by atoms with E-state index in [1.807, 2.05) is 13.8 Å². The highest BCUT2D eigenvalue weighted by molar-refractivity contribution is 5.95. The number of primary amides is 2. The molecule has 13 nitrogen and oxygen atoms in total. The number of nitrogens with one attached hydrogen (secondary N) is 2. The van der Waals surface area contributed by atoms with Gasteiger partial charge >= 0.3 is 0 Å². The molecule has 0 aliphatic rings. The highest BCUT2D eigenvalue weighted by Crippen LogP contribution is 2.15. The Kier molecular flexibility index (Phi) is 14.0. The van der Waals surface area contributed by atoms with Crippen LogP contribution in [0.4, 0.5) is 0 Å². The molecule has 0 rings (SSSR count). The number of ketones is 2. The van der Waals surface area contributed by atoms with Gasteiger partial charge in [-0.05, 0) is 25.2 Å². The molecule has 34 heavy (non-hydrogen) atoms. The number of quaternary nitrogens is 1. The fraction of sp³-hybridized carbons (Fsp3) is 0.667. The van der Waals surface area contributed by atoms with Gasteiger partial charge in [-0.3, -0.25) is 28.8 Å². The van der Waals surface area contributed by atoms with E-state index in [0.717, 1.165) is 0 Å². The number of carbonyl (C=O) groups excluding carboxylic acids is 7. The number of rotatable bonds is 18. The van der Waals surface area contributed by atoms with Crippen molar-refractivity contribution in [1.29, 1.82) is 0 Å². The normalized spacial score (nSPS) is 13.4. The number of nitrogens with two attached hydrogens (primary N) is 2. The largest absolute Gasteiger partial charge is 0.550 e. The monoisotopic (exact) mass is 485 g/mol. The molecule has 0 aromatic rings. The van der Waals surface area contributed by atoms with Crippen molar-refractivity contribution in [3.05, 3.63) is 0 Å². The van der Waals surface area contributed by atoms with E-state index in [2.05, 4.69) is 16.4 Å². The molecule has 0 saturated carbocycles. The third-order valence-corrected chi connectivity index (χ3v) is 4.96. The summed E-state index contributed by atoms with van der Waals surface area (Å²) in [6.45, 7) is 3.10. The molecule has 0 aliphatic heterocycles. The second-order valence-electron chi connectivity index (χ2n) is 8.51. The van der Waals surface area contributed by atoms with Gasteiger partial charge in [-0.1, -0.05) is 13.8 Å². The minimum atomic E-state index is -1.40. The van der Waals surface area contributed by atoms with Gasteiger partial charge in [0.15, 0.2) is 18.1 Å². The van der Waals surface area contributed by atoms with Gasteiger partial charge in [0.25, 0.3) is 5.91 Å². The van der Waals surface area contributed by atoms with Crippen molar-refractivity contribution in [2.45, 2.75) is 58.4 Å². The smallest absolute Gasteiger partial charge is 0.275 e. The molecule has 4 amide bonds. The van der Waals surface area contributed by atoms with Crippen LogP contribution in [0.15, 0.2) is 0 Å². The fourth-order valence-electron chi connectivity index (χ4n) is 3.21. The van der Waals surface area contributed by atoms with Crippen LogP contribution >= 0.6 is 0 Å². The van der Waals surface area contributed by atoms with E-state index in [9.17, 15) is 38.7 Å². The van der Waals surface area contributed by atoms with Crippen LogP contribution in [0, 0.1) is 17.8 Å². The fourth-order valence-corrected chi connectivity index (χ4v) is 3.21. The maximum absolute atomic E-state index is 12.8. The summed E-state index contributed by atoms with van der Waals surface area (Å²) in [5.41, 5.74) is 13.8. The third-order valence-electron chi connectivity index (χ3n) is 4.96. The second kappa shape index (κ2) is 15.5. The maximum Gasteiger partial charge on any atom is 0.275 e. The standard InChI is InChI=1S/C21H35N5O8/c1-11(2)5-15(26-18(30)9-22)16(28)7-13(8-17(23)29)21(34)25-10-14(27)6-12(20(24)33)3-4-19(31)32/h11-13,15H,3-10,22H2,1-2H3,(H2,23,29)(H2,24,33)(H,25,34)(H,26,30)(H,31,32)/t12-,13+,15+/m1/s1. The molecule has 0 aromatic carbocycles. The van der Waals surface area contributed by atoms with Gasteiger partial charge in [-0.2, -0.15) is 0 Å². The molecule has 3 atom stereocenters. The molecular weight excluding hydrogens is 450 g/mol. The molecule has 192 valence electrons. The molecule has 0 spiro atoms. The van der Waals surface area contributed by atoms with Crippen molar-refractivity contribution in [2.75, 3.05) is 13.1 Å². The first kappa shape index (κ1) is 30.6. The summed E-state index contributed by atoms with van der Waals surface area (Å²) in [5.74, 6) is -7.55. The van der Waals surface area contributed by atoms with Crippen molar-refractivity contribution < 1.29 is 44.4 Å². The molecule has 0 aromatic heterocycles. The number of hydrogen-bond acceptors (Lipinski definition) is 8. The number of Topliss-reactive ketones (excluding diaryl/α,β-unsaturated/α-hetero) is 2. The lowest BCUT2D eigenvalue weighted by molar-refractivity contribution is -0.355. The van der Waals surface area contributed by atoms with Gasteiger partial charge in [-0.25, -0.2) is 0 Å². The predicted octanol–water partition coefficient (Wildman–Crippen LogP) is -4.08. The number of carboxylic acids is 1. The molecule has 0 aliphatic carbocycles. The number of amides is 4. The Labute approximate surface area is 197 Å². The zero-order chi connectivity index (χ0) is 26.4.